The maximum atomic E-state index is 12.9. The normalized spacial score (nSPS) is 31.3. The fourth-order valence-electron chi connectivity index (χ4n) is 4.50. The van der Waals surface area contributed by atoms with Crippen molar-refractivity contribution in [3.63, 3.8) is 0 Å². The van der Waals surface area contributed by atoms with Crippen molar-refractivity contribution in [1.82, 2.24) is 0 Å². The van der Waals surface area contributed by atoms with Crippen LogP contribution in [0.3, 0.4) is 0 Å². The van der Waals surface area contributed by atoms with Crippen LogP contribution in [0.1, 0.15) is 34.1 Å². The highest BCUT2D eigenvalue weighted by Gasteiger charge is 2.60. The molecular formula is C17H18N2O3S. The van der Waals surface area contributed by atoms with Crippen molar-refractivity contribution in [2.45, 2.75) is 26.7 Å². The first-order valence-corrected chi connectivity index (χ1v) is 8.75. The second-order valence-electron chi connectivity index (χ2n) is 6.55. The van der Waals surface area contributed by atoms with E-state index in [4.69, 9.17) is 5.73 Å². The van der Waals surface area contributed by atoms with Crippen LogP contribution in [0.2, 0.25) is 0 Å². The molecule has 1 saturated carbocycles. The Kier molecular flexibility index (Phi) is 3.04. The molecule has 5 nitrogen and oxygen atoms in total. The molecule has 2 bridgehead atoms. The fourth-order valence-corrected chi connectivity index (χ4v) is 5.76. The number of hydrogen-bond donors (Lipinski definition) is 1. The van der Waals surface area contributed by atoms with Crippen LogP contribution >= 0.6 is 11.3 Å². The van der Waals surface area contributed by atoms with E-state index in [0.717, 1.165) is 16.9 Å². The zero-order valence-corrected chi connectivity index (χ0v) is 13.9. The van der Waals surface area contributed by atoms with Crippen LogP contribution in [0.25, 0.3) is 0 Å². The number of allylic oxidation sites excluding steroid dienone is 2. The molecule has 4 atom stereocenters. The predicted octanol–water partition coefficient (Wildman–Crippen LogP) is 2.03. The first-order chi connectivity index (χ1) is 11.0. The van der Waals surface area contributed by atoms with Crippen molar-refractivity contribution in [3.05, 3.63) is 28.2 Å². The van der Waals surface area contributed by atoms with Gasteiger partial charge in [-0.2, -0.15) is 0 Å². The maximum absolute atomic E-state index is 12.9. The average molecular weight is 330 g/mol. The third-order valence-electron chi connectivity index (χ3n) is 5.46. The topological polar surface area (TPSA) is 80.5 Å². The number of thiophene rings is 1. The number of aryl methyl sites for hydroxylation is 1. The third kappa shape index (κ3) is 1.75. The van der Waals surface area contributed by atoms with Crippen molar-refractivity contribution >= 4 is 34.1 Å². The van der Waals surface area contributed by atoms with Gasteiger partial charge in [-0.25, -0.2) is 4.90 Å². The summed E-state index contributed by atoms with van der Waals surface area (Å²) in [5, 5.41) is 0.427. The molecule has 1 aromatic heterocycles. The van der Waals surface area contributed by atoms with Gasteiger partial charge in [-0.15, -0.1) is 11.3 Å². The van der Waals surface area contributed by atoms with Gasteiger partial charge in [-0.1, -0.05) is 19.1 Å². The Labute approximate surface area is 138 Å². The molecule has 1 saturated heterocycles. The van der Waals surface area contributed by atoms with Gasteiger partial charge in [-0.3, -0.25) is 14.4 Å². The minimum Gasteiger partial charge on any atom is -0.365 e. The van der Waals surface area contributed by atoms with Crippen LogP contribution in [0.5, 0.6) is 0 Å². The van der Waals surface area contributed by atoms with E-state index in [0.29, 0.717) is 17.0 Å². The summed E-state index contributed by atoms with van der Waals surface area (Å²) in [7, 11) is 0. The van der Waals surface area contributed by atoms with Gasteiger partial charge < -0.3 is 5.73 Å². The number of nitrogens with two attached hydrogens (primary N) is 1. The summed E-state index contributed by atoms with van der Waals surface area (Å²) < 4.78 is 0. The van der Waals surface area contributed by atoms with E-state index in [1.807, 2.05) is 13.8 Å². The molecule has 2 N–H and O–H groups in total. The summed E-state index contributed by atoms with van der Waals surface area (Å²) in [6.07, 6.45) is 5.67. The Morgan fingerprint density at radius 3 is 2.30 bits per heavy atom. The number of fused-ring (bicyclic) bond motifs is 5. The van der Waals surface area contributed by atoms with Crippen molar-refractivity contribution in [2.24, 2.45) is 29.4 Å². The van der Waals surface area contributed by atoms with E-state index in [2.05, 4.69) is 12.2 Å². The lowest BCUT2D eigenvalue weighted by atomic mass is 9.85. The molecule has 1 aromatic rings. The molecule has 3 amide bonds. The van der Waals surface area contributed by atoms with Crippen molar-refractivity contribution in [3.8, 4) is 0 Å². The third-order valence-corrected chi connectivity index (χ3v) is 6.60. The van der Waals surface area contributed by atoms with Gasteiger partial charge in [0.25, 0.3) is 5.91 Å². The molecule has 6 heteroatoms. The number of imide groups is 1. The fraction of sp³-hybridized carbons (Fsp3) is 0.471. The van der Waals surface area contributed by atoms with Crippen LogP contribution in [-0.2, 0) is 16.0 Å². The Morgan fingerprint density at radius 2 is 1.83 bits per heavy atom. The molecule has 23 heavy (non-hydrogen) atoms. The second kappa shape index (κ2) is 4.77. The van der Waals surface area contributed by atoms with Crippen LogP contribution in [-0.4, -0.2) is 17.7 Å². The minimum absolute atomic E-state index is 0.162. The maximum Gasteiger partial charge on any atom is 0.252 e. The van der Waals surface area contributed by atoms with E-state index in [-0.39, 0.29) is 35.5 Å². The highest BCUT2D eigenvalue weighted by molar-refractivity contribution is 7.17. The Morgan fingerprint density at radius 1 is 1.26 bits per heavy atom. The van der Waals surface area contributed by atoms with Gasteiger partial charge in [0.1, 0.15) is 5.00 Å². The summed E-state index contributed by atoms with van der Waals surface area (Å²) >= 11 is 1.32. The molecule has 3 aliphatic rings. The van der Waals surface area contributed by atoms with E-state index in [1.54, 1.807) is 0 Å². The Hall–Kier alpha value is -1.95. The lowest BCUT2D eigenvalue weighted by molar-refractivity contribution is -0.123. The van der Waals surface area contributed by atoms with Crippen LogP contribution < -0.4 is 10.6 Å². The lowest BCUT2D eigenvalue weighted by Crippen LogP contribution is -2.34. The first kappa shape index (κ1) is 14.6. The van der Waals surface area contributed by atoms with Gasteiger partial charge >= 0.3 is 0 Å². The van der Waals surface area contributed by atoms with Gasteiger partial charge in [0.05, 0.1) is 17.4 Å². The average Bonchev–Trinajstić information content (AvgIpc) is 3.22. The molecular weight excluding hydrogens is 312 g/mol. The number of hydrogen-bond acceptors (Lipinski definition) is 4. The molecule has 0 radical (unpaired) electrons. The zero-order valence-electron chi connectivity index (χ0n) is 13.0. The summed E-state index contributed by atoms with van der Waals surface area (Å²) in [5.74, 6) is -1.09. The summed E-state index contributed by atoms with van der Waals surface area (Å²) in [6.45, 7) is 3.84. The Bertz CT molecular complexity index is 749. The second-order valence-corrected chi connectivity index (χ2v) is 7.75. The smallest absolute Gasteiger partial charge is 0.252 e. The van der Waals surface area contributed by atoms with Crippen LogP contribution in [0, 0.1) is 30.6 Å². The number of anilines is 1. The Balaban J connectivity index is 1.82. The molecule has 0 spiro atoms. The molecule has 4 unspecified atom stereocenters. The molecule has 120 valence electrons. The SMILES string of the molecule is CCc1c(C)sc(N2C(=O)C3C4C=CC(C4)C3C2=O)c1C(N)=O. The summed E-state index contributed by atoms with van der Waals surface area (Å²) in [6, 6.07) is 0. The van der Waals surface area contributed by atoms with Crippen molar-refractivity contribution in [2.75, 3.05) is 4.90 Å². The number of amides is 3. The van der Waals surface area contributed by atoms with Gasteiger partial charge in [0.15, 0.2) is 0 Å². The number of primary amides is 1. The summed E-state index contributed by atoms with van der Waals surface area (Å²) in [5.41, 5.74) is 6.74. The standard InChI is InChI=1S/C17H18N2O3S/c1-3-10-7(2)23-17(13(10)14(18)20)19-15(21)11-8-4-5-9(6-8)12(11)16(19)22/h4-5,8-9,11-12H,3,6H2,1-2H3,(H2,18,20). The lowest BCUT2D eigenvalue weighted by Gasteiger charge is -2.16. The molecule has 0 aromatic carbocycles. The van der Waals surface area contributed by atoms with E-state index >= 15 is 0 Å². The number of carbonyl (C=O) groups is 3. The van der Waals surface area contributed by atoms with Crippen LogP contribution in [0.4, 0.5) is 5.00 Å². The number of carbonyl (C=O) groups excluding carboxylic acids is 3. The van der Waals surface area contributed by atoms with Crippen molar-refractivity contribution < 1.29 is 14.4 Å². The van der Waals surface area contributed by atoms with Gasteiger partial charge in [0, 0.05) is 4.88 Å². The number of rotatable bonds is 3. The molecule has 2 fully saturated rings. The van der Waals surface area contributed by atoms with Crippen LogP contribution in [0.15, 0.2) is 12.2 Å². The monoisotopic (exact) mass is 330 g/mol. The van der Waals surface area contributed by atoms with Crippen molar-refractivity contribution in [1.29, 1.82) is 0 Å². The predicted molar refractivity (Wildman–Crippen MR) is 87.2 cm³/mol. The molecule has 4 rings (SSSR count). The first-order valence-electron chi connectivity index (χ1n) is 7.93. The molecule has 1 aliphatic heterocycles. The van der Waals surface area contributed by atoms with Gasteiger partial charge in [0.2, 0.25) is 11.8 Å². The highest BCUT2D eigenvalue weighted by atomic mass is 32.1. The largest absolute Gasteiger partial charge is 0.365 e. The molecule has 2 heterocycles. The summed E-state index contributed by atoms with van der Waals surface area (Å²) in [4.78, 5) is 39.9. The zero-order chi connectivity index (χ0) is 16.5. The van der Waals surface area contributed by atoms with Gasteiger partial charge in [-0.05, 0) is 37.2 Å². The van der Waals surface area contributed by atoms with E-state index < -0.39 is 5.91 Å². The van der Waals surface area contributed by atoms with E-state index in [1.165, 1.54) is 16.2 Å². The quantitative estimate of drug-likeness (QED) is 0.680. The highest BCUT2D eigenvalue weighted by Crippen LogP contribution is 2.54. The molecule has 2 aliphatic carbocycles. The van der Waals surface area contributed by atoms with E-state index in [9.17, 15) is 14.4 Å². The number of nitrogens with zero attached hydrogens (tertiary/aromatic N) is 1. The minimum atomic E-state index is -0.569.